The molecule has 0 aliphatic heterocycles. The number of hydrogen-bond donors (Lipinski definition) is 0. The van der Waals surface area contributed by atoms with Crippen molar-refractivity contribution >= 4 is 8.32 Å². The van der Waals surface area contributed by atoms with Crippen molar-refractivity contribution in [1.29, 1.82) is 0 Å². The molecule has 0 saturated heterocycles. The number of ether oxygens (including phenoxy) is 1. The molecule has 2 nitrogen and oxygen atoms in total. The number of methoxy groups -OCH3 is 1. The topological polar surface area (TPSA) is 18.5 Å². The van der Waals surface area contributed by atoms with Crippen LogP contribution in [0.2, 0.25) is 19.6 Å². The van der Waals surface area contributed by atoms with Crippen LogP contribution in [0.15, 0.2) is 23.2 Å². The molecule has 0 bridgehead atoms. The van der Waals surface area contributed by atoms with Crippen LogP contribution in [0.4, 0.5) is 0 Å². The Bertz CT molecular complexity index is 390. The average molecular weight is 266 g/mol. The Hall–Kier alpha value is -0.703. The van der Waals surface area contributed by atoms with Gasteiger partial charge in [0, 0.05) is 6.42 Å². The Balaban J connectivity index is 2.37. The van der Waals surface area contributed by atoms with E-state index in [1.54, 1.807) is 7.11 Å². The molecule has 0 aromatic rings. The first-order valence-corrected chi connectivity index (χ1v) is 10.4. The van der Waals surface area contributed by atoms with Crippen molar-refractivity contribution in [1.82, 2.24) is 0 Å². The normalized spacial score (nSPS) is 28.6. The summed E-state index contributed by atoms with van der Waals surface area (Å²) >= 11 is 0. The Morgan fingerprint density at radius 3 is 2.56 bits per heavy atom. The van der Waals surface area contributed by atoms with Gasteiger partial charge in [-0.15, -0.1) is 0 Å². The lowest BCUT2D eigenvalue weighted by atomic mass is 9.67. The Labute approximate surface area is 112 Å². The van der Waals surface area contributed by atoms with Crippen LogP contribution in [0, 0.1) is 5.41 Å². The van der Waals surface area contributed by atoms with Gasteiger partial charge >= 0.3 is 0 Å². The first-order chi connectivity index (χ1) is 8.36. The second kappa shape index (κ2) is 4.76. The highest BCUT2D eigenvalue weighted by molar-refractivity contribution is 6.70. The van der Waals surface area contributed by atoms with Gasteiger partial charge in [-0.1, -0.05) is 13.0 Å². The van der Waals surface area contributed by atoms with Crippen molar-refractivity contribution in [2.75, 3.05) is 7.11 Å². The third-order valence-electron chi connectivity index (χ3n) is 3.97. The number of rotatable bonds is 3. The van der Waals surface area contributed by atoms with E-state index in [0.29, 0.717) is 5.41 Å². The summed E-state index contributed by atoms with van der Waals surface area (Å²) in [5.41, 5.74) is 1.71. The molecule has 2 aliphatic carbocycles. The van der Waals surface area contributed by atoms with Crippen LogP contribution < -0.4 is 0 Å². The van der Waals surface area contributed by atoms with Gasteiger partial charge < -0.3 is 9.16 Å². The molecule has 0 saturated carbocycles. The zero-order valence-electron chi connectivity index (χ0n) is 12.4. The van der Waals surface area contributed by atoms with Crippen molar-refractivity contribution in [3.05, 3.63) is 23.2 Å². The molecule has 18 heavy (non-hydrogen) atoms. The zero-order valence-corrected chi connectivity index (χ0v) is 13.4. The standard InChI is InChI=1S/C15H26O2Si/c1-15-10-7-6-8-12(15)14(16-2)13(9-11-15)17-18(3,4)5/h8H,6-7,9-11H2,1-5H3/t15-/m0/s1. The van der Waals surface area contributed by atoms with Gasteiger partial charge in [0.15, 0.2) is 5.76 Å². The molecule has 0 fully saturated rings. The minimum atomic E-state index is -1.55. The molecule has 0 heterocycles. The lowest BCUT2D eigenvalue weighted by Gasteiger charge is -2.41. The Morgan fingerprint density at radius 2 is 1.94 bits per heavy atom. The first-order valence-electron chi connectivity index (χ1n) is 7.03. The minimum Gasteiger partial charge on any atom is -0.545 e. The second-order valence-electron chi connectivity index (χ2n) is 6.74. The van der Waals surface area contributed by atoms with Gasteiger partial charge in [-0.25, -0.2) is 0 Å². The van der Waals surface area contributed by atoms with Gasteiger partial charge in [0.1, 0.15) is 5.76 Å². The van der Waals surface area contributed by atoms with Crippen molar-refractivity contribution in [2.24, 2.45) is 5.41 Å². The second-order valence-corrected chi connectivity index (χ2v) is 11.2. The highest BCUT2D eigenvalue weighted by Crippen LogP contribution is 2.50. The molecule has 0 N–H and O–H groups in total. The molecule has 1 atom stereocenters. The van der Waals surface area contributed by atoms with Crippen LogP contribution in [0.3, 0.4) is 0 Å². The molecule has 0 radical (unpaired) electrons. The molecule has 102 valence electrons. The Morgan fingerprint density at radius 1 is 1.22 bits per heavy atom. The predicted octanol–water partition coefficient (Wildman–Crippen LogP) is 4.61. The van der Waals surface area contributed by atoms with Gasteiger partial charge in [0.05, 0.1) is 7.11 Å². The van der Waals surface area contributed by atoms with Crippen LogP contribution >= 0.6 is 0 Å². The van der Waals surface area contributed by atoms with E-state index in [1.165, 1.54) is 31.3 Å². The fourth-order valence-electron chi connectivity index (χ4n) is 3.09. The summed E-state index contributed by atoms with van der Waals surface area (Å²) in [6, 6.07) is 0. The average Bonchev–Trinajstić information content (AvgIpc) is 2.27. The van der Waals surface area contributed by atoms with Crippen molar-refractivity contribution < 1.29 is 9.16 Å². The predicted molar refractivity (Wildman–Crippen MR) is 77.7 cm³/mol. The third-order valence-corrected chi connectivity index (χ3v) is 4.83. The molecule has 2 rings (SSSR count). The van der Waals surface area contributed by atoms with E-state index in [1.807, 2.05) is 0 Å². The fourth-order valence-corrected chi connectivity index (χ4v) is 4.02. The molecular weight excluding hydrogens is 240 g/mol. The molecule has 0 aromatic carbocycles. The molecular formula is C15H26O2Si. The lowest BCUT2D eigenvalue weighted by Crippen LogP contribution is -2.32. The maximum atomic E-state index is 6.23. The lowest BCUT2D eigenvalue weighted by molar-refractivity contribution is 0.192. The van der Waals surface area contributed by atoms with Gasteiger partial charge in [-0.2, -0.15) is 0 Å². The van der Waals surface area contributed by atoms with Crippen LogP contribution in [0.5, 0.6) is 0 Å². The highest BCUT2D eigenvalue weighted by atomic mass is 28.4. The highest BCUT2D eigenvalue weighted by Gasteiger charge is 2.39. The first kappa shape index (κ1) is 13.7. The van der Waals surface area contributed by atoms with Crippen molar-refractivity contribution in [3.63, 3.8) is 0 Å². The van der Waals surface area contributed by atoms with Gasteiger partial charge in [-0.05, 0) is 56.3 Å². The summed E-state index contributed by atoms with van der Waals surface area (Å²) in [6.45, 7) is 9.07. The van der Waals surface area contributed by atoms with Crippen molar-refractivity contribution in [3.8, 4) is 0 Å². The Kier molecular flexibility index (Phi) is 3.63. The van der Waals surface area contributed by atoms with Crippen molar-refractivity contribution in [2.45, 2.75) is 58.7 Å². The fraction of sp³-hybridized carbons (Fsp3) is 0.733. The van der Waals surface area contributed by atoms with E-state index in [9.17, 15) is 0 Å². The number of allylic oxidation sites excluding steroid dienone is 3. The van der Waals surface area contributed by atoms with E-state index < -0.39 is 8.32 Å². The summed E-state index contributed by atoms with van der Waals surface area (Å²) < 4.78 is 11.9. The number of fused-ring (bicyclic) bond motifs is 1. The van der Waals surface area contributed by atoms with Crippen LogP contribution in [-0.2, 0) is 9.16 Å². The molecule has 3 heteroatoms. The summed E-state index contributed by atoms with van der Waals surface area (Å²) in [6.07, 6.45) is 8.37. The van der Waals surface area contributed by atoms with E-state index in [-0.39, 0.29) is 0 Å². The summed E-state index contributed by atoms with van der Waals surface area (Å²) in [5, 5.41) is 0. The van der Waals surface area contributed by atoms with Gasteiger partial charge in [0.25, 0.3) is 0 Å². The maximum Gasteiger partial charge on any atom is 0.241 e. The van der Waals surface area contributed by atoms with E-state index in [0.717, 1.165) is 17.9 Å². The summed E-state index contributed by atoms with van der Waals surface area (Å²) in [4.78, 5) is 0. The monoisotopic (exact) mass is 266 g/mol. The smallest absolute Gasteiger partial charge is 0.241 e. The summed E-state index contributed by atoms with van der Waals surface area (Å²) in [5.74, 6) is 2.13. The minimum absolute atomic E-state index is 0.315. The van der Waals surface area contributed by atoms with Gasteiger partial charge in [0.2, 0.25) is 8.32 Å². The van der Waals surface area contributed by atoms with Gasteiger partial charge in [-0.3, -0.25) is 0 Å². The van der Waals surface area contributed by atoms with Crippen LogP contribution in [0.25, 0.3) is 0 Å². The number of hydrogen-bond acceptors (Lipinski definition) is 2. The zero-order chi connectivity index (χ0) is 13.4. The molecule has 0 aromatic heterocycles. The quantitative estimate of drug-likeness (QED) is 0.695. The largest absolute Gasteiger partial charge is 0.545 e. The van der Waals surface area contributed by atoms with E-state index in [2.05, 4.69) is 32.6 Å². The molecule has 0 amide bonds. The van der Waals surface area contributed by atoms with Crippen LogP contribution in [0.1, 0.15) is 39.0 Å². The molecule has 0 spiro atoms. The third kappa shape index (κ3) is 2.66. The molecule has 2 aliphatic rings. The van der Waals surface area contributed by atoms with E-state index >= 15 is 0 Å². The SMILES string of the molecule is COC1=C(O[Si](C)(C)C)CC[C@]2(C)CCCC=C12. The summed E-state index contributed by atoms with van der Waals surface area (Å²) in [7, 11) is 0.233. The van der Waals surface area contributed by atoms with E-state index in [4.69, 9.17) is 9.16 Å². The maximum absolute atomic E-state index is 6.23. The van der Waals surface area contributed by atoms with Crippen LogP contribution in [-0.4, -0.2) is 15.4 Å². The molecule has 0 unspecified atom stereocenters.